The Hall–Kier alpha value is -0.160. The lowest BCUT2D eigenvalue weighted by Gasteiger charge is -2.15. The molecule has 1 aliphatic rings. The fourth-order valence-electron chi connectivity index (χ4n) is 1.27. The molecule has 0 amide bonds. The second-order valence-corrected chi connectivity index (χ2v) is 2.58. The number of hydrogen-bond acceptors (Lipinski definition) is 4. The third-order valence-corrected chi connectivity index (χ3v) is 1.91. The second-order valence-electron chi connectivity index (χ2n) is 2.58. The van der Waals surface area contributed by atoms with Crippen LogP contribution in [-0.2, 0) is 4.84 Å². The van der Waals surface area contributed by atoms with E-state index in [0.29, 0.717) is 18.5 Å². The summed E-state index contributed by atoms with van der Waals surface area (Å²) in [5.74, 6) is 0.514. The summed E-state index contributed by atoms with van der Waals surface area (Å²) < 4.78 is 0. The van der Waals surface area contributed by atoms with Gasteiger partial charge in [-0.3, -0.25) is 0 Å². The molecule has 2 unspecified atom stereocenters. The normalized spacial score (nSPS) is 33.0. The van der Waals surface area contributed by atoms with Gasteiger partial charge < -0.3 is 15.9 Å². The Morgan fingerprint density at radius 3 is 3.10 bits per heavy atom. The van der Waals surface area contributed by atoms with Gasteiger partial charge in [-0.1, -0.05) is 0 Å². The summed E-state index contributed by atoms with van der Waals surface area (Å²) in [4.78, 5) is 4.81. The van der Waals surface area contributed by atoms with Crippen LogP contribution in [-0.4, -0.2) is 32.8 Å². The largest absolute Gasteiger partial charge is 0.330 e. The van der Waals surface area contributed by atoms with Crippen LogP contribution in [0.3, 0.4) is 0 Å². The van der Waals surface area contributed by atoms with Gasteiger partial charge in [-0.05, 0) is 6.54 Å². The van der Waals surface area contributed by atoms with Crippen molar-refractivity contribution < 1.29 is 4.84 Å². The van der Waals surface area contributed by atoms with Gasteiger partial charge in [-0.2, -0.15) is 5.48 Å². The molecule has 1 heterocycles. The number of nitrogens with one attached hydrogen (secondary N) is 2. The summed E-state index contributed by atoms with van der Waals surface area (Å²) in [6.07, 6.45) is 0. The summed E-state index contributed by atoms with van der Waals surface area (Å²) in [6.45, 7) is 2.67. The zero-order valence-corrected chi connectivity index (χ0v) is 6.26. The molecule has 10 heavy (non-hydrogen) atoms. The molecule has 1 fully saturated rings. The molecular formula is C6H15N3O. The SMILES string of the molecule is CONC1CNCC1CN. The fourth-order valence-corrected chi connectivity index (χ4v) is 1.27. The smallest absolute Gasteiger partial charge is 0.0572 e. The lowest BCUT2D eigenvalue weighted by molar-refractivity contribution is 0.0547. The van der Waals surface area contributed by atoms with Crippen LogP contribution in [0.15, 0.2) is 0 Å². The van der Waals surface area contributed by atoms with Gasteiger partial charge in [-0.15, -0.1) is 0 Å². The predicted molar refractivity (Wildman–Crippen MR) is 39.3 cm³/mol. The van der Waals surface area contributed by atoms with E-state index in [0.717, 1.165) is 13.1 Å². The molecule has 4 nitrogen and oxygen atoms in total. The van der Waals surface area contributed by atoms with Crippen LogP contribution in [0.1, 0.15) is 0 Å². The van der Waals surface area contributed by atoms with Crippen molar-refractivity contribution in [3.63, 3.8) is 0 Å². The van der Waals surface area contributed by atoms with Crippen molar-refractivity contribution in [2.24, 2.45) is 11.7 Å². The molecule has 1 saturated heterocycles. The quantitative estimate of drug-likeness (QED) is 0.431. The lowest BCUT2D eigenvalue weighted by Crippen LogP contribution is -2.38. The summed E-state index contributed by atoms with van der Waals surface area (Å²) >= 11 is 0. The Bertz CT molecular complexity index is 99.0. The number of nitrogens with two attached hydrogens (primary N) is 1. The van der Waals surface area contributed by atoms with Gasteiger partial charge in [-0.25, -0.2) is 0 Å². The van der Waals surface area contributed by atoms with Crippen molar-refractivity contribution in [2.45, 2.75) is 6.04 Å². The molecule has 60 valence electrons. The van der Waals surface area contributed by atoms with Crippen LogP contribution < -0.4 is 16.5 Å². The van der Waals surface area contributed by atoms with E-state index in [2.05, 4.69) is 10.8 Å². The van der Waals surface area contributed by atoms with Gasteiger partial charge in [0.05, 0.1) is 7.11 Å². The Morgan fingerprint density at radius 1 is 1.70 bits per heavy atom. The minimum absolute atomic E-state index is 0.384. The number of rotatable bonds is 3. The third kappa shape index (κ3) is 1.67. The average Bonchev–Trinajstić information content (AvgIpc) is 2.36. The van der Waals surface area contributed by atoms with Crippen molar-refractivity contribution in [1.82, 2.24) is 10.8 Å². The van der Waals surface area contributed by atoms with Crippen LogP contribution in [0.25, 0.3) is 0 Å². The van der Waals surface area contributed by atoms with E-state index in [-0.39, 0.29) is 0 Å². The first kappa shape index (κ1) is 7.94. The van der Waals surface area contributed by atoms with Gasteiger partial charge in [0.1, 0.15) is 0 Å². The van der Waals surface area contributed by atoms with E-state index in [1.807, 2.05) is 0 Å². The molecule has 4 N–H and O–H groups in total. The van der Waals surface area contributed by atoms with Crippen molar-refractivity contribution in [3.8, 4) is 0 Å². The van der Waals surface area contributed by atoms with Gasteiger partial charge in [0, 0.05) is 25.0 Å². The molecule has 0 aromatic rings. The summed E-state index contributed by atoms with van der Waals surface area (Å²) in [6, 6.07) is 0.384. The van der Waals surface area contributed by atoms with E-state index < -0.39 is 0 Å². The Labute approximate surface area is 61.1 Å². The highest BCUT2D eigenvalue weighted by atomic mass is 16.6. The maximum absolute atomic E-state index is 5.52. The van der Waals surface area contributed by atoms with Gasteiger partial charge in [0.25, 0.3) is 0 Å². The van der Waals surface area contributed by atoms with Gasteiger partial charge >= 0.3 is 0 Å². The first-order valence-corrected chi connectivity index (χ1v) is 3.57. The predicted octanol–water partition coefficient (Wildman–Crippen LogP) is -1.32. The van der Waals surface area contributed by atoms with Crippen LogP contribution >= 0.6 is 0 Å². The summed E-state index contributed by atoms with van der Waals surface area (Å²) in [7, 11) is 1.63. The molecule has 2 atom stereocenters. The Balaban J connectivity index is 2.27. The Kier molecular flexibility index (Phi) is 3.08. The van der Waals surface area contributed by atoms with Crippen molar-refractivity contribution in [3.05, 3.63) is 0 Å². The highest BCUT2D eigenvalue weighted by molar-refractivity contribution is 4.84. The molecule has 0 radical (unpaired) electrons. The lowest BCUT2D eigenvalue weighted by atomic mass is 10.1. The van der Waals surface area contributed by atoms with Crippen LogP contribution in [0, 0.1) is 5.92 Å². The zero-order chi connectivity index (χ0) is 7.40. The molecule has 1 aliphatic heterocycles. The van der Waals surface area contributed by atoms with E-state index in [9.17, 15) is 0 Å². The molecule has 1 rings (SSSR count). The minimum atomic E-state index is 0.384. The van der Waals surface area contributed by atoms with Crippen molar-refractivity contribution in [1.29, 1.82) is 0 Å². The first-order valence-electron chi connectivity index (χ1n) is 3.57. The topological polar surface area (TPSA) is 59.3 Å². The van der Waals surface area contributed by atoms with Crippen LogP contribution in [0.5, 0.6) is 0 Å². The highest BCUT2D eigenvalue weighted by Gasteiger charge is 2.25. The molecule has 4 heteroatoms. The molecule has 0 aliphatic carbocycles. The standard InChI is InChI=1S/C6H15N3O/c1-10-9-6-4-8-3-5(6)2-7/h5-6,8-9H,2-4,7H2,1H3. The van der Waals surface area contributed by atoms with E-state index in [1.54, 1.807) is 7.11 Å². The van der Waals surface area contributed by atoms with E-state index in [1.165, 1.54) is 0 Å². The monoisotopic (exact) mass is 145 g/mol. The van der Waals surface area contributed by atoms with Crippen molar-refractivity contribution in [2.75, 3.05) is 26.7 Å². The molecular weight excluding hydrogens is 130 g/mol. The van der Waals surface area contributed by atoms with Gasteiger partial charge in [0.2, 0.25) is 0 Å². The Morgan fingerprint density at radius 2 is 2.50 bits per heavy atom. The van der Waals surface area contributed by atoms with Gasteiger partial charge in [0.15, 0.2) is 0 Å². The van der Waals surface area contributed by atoms with Crippen LogP contribution in [0.2, 0.25) is 0 Å². The highest BCUT2D eigenvalue weighted by Crippen LogP contribution is 2.05. The minimum Gasteiger partial charge on any atom is -0.330 e. The summed E-state index contributed by atoms with van der Waals surface area (Å²) in [5, 5.41) is 3.24. The average molecular weight is 145 g/mol. The van der Waals surface area contributed by atoms with E-state index in [4.69, 9.17) is 10.6 Å². The maximum Gasteiger partial charge on any atom is 0.0572 e. The maximum atomic E-state index is 5.52. The molecule has 0 aromatic heterocycles. The fraction of sp³-hybridized carbons (Fsp3) is 1.00. The first-order chi connectivity index (χ1) is 4.88. The number of hydrogen-bond donors (Lipinski definition) is 3. The second kappa shape index (κ2) is 3.88. The van der Waals surface area contributed by atoms with E-state index >= 15 is 0 Å². The molecule has 0 bridgehead atoms. The van der Waals surface area contributed by atoms with Crippen LogP contribution in [0.4, 0.5) is 0 Å². The molecule has 0 aromatic carbocycles. The molecule has 0 saturated carbocycles. The number of hydroxylamine groups is 1. The zero-order valence-electron chi connectivity index (χ0n) is 6.26. The summed E-state index contributed by atoms with van der Waals surface area (Å²) in [5.41, 5.74) is 8.42. The third-order valence-electron chi connectivity index (χ3n) is 1.91. The van der Waals surface area contributed by atoms with Crippen molar-refractivity contribution >= 4 is 0 Å². The molecule has 0 spiro atoms.